The lowest BCUT2D eigenvalue weighted by Gasteiger charge is -2.34. The van der Waals surface area contributed by atoms with Crippen molar-refractivity contribution in [1.29, 1.82) is 0 Å². The Morgan fingerprint density at radius 2 is 1.86 bits per heavy atom. The van der Waals surface area contributed by atoms with E-state index in [-0.39, 0.29) is 5.02 Å². The Balaban J connectivity index is 3.06. The van der Waals surface area contributed by atoms with Gasteiger partial charge in [-0.05, 0) is 31.0 Å². The monoisotopic (exact) mass is 322 g/mol. The van der Waals surface area contributed by atoms with Crippen LogP contribution in [-0.4, -0.2) is 12.1 Å². The van der Waals surface area contributed by atoms with E-state index in [1.54, 1.807) is 0 Å². The number of hydrogen-bond donors (Lipinski definition) is 2. The van der Waals surface area contributed by atoms with Crippen LogP contribution in [0.1, 0.15) is 45.1 Å². The molecule has 0 aliphatic rings. The number of halogens is 4. The Hall–Kier alpha value is -0.940. The van der Waals surface area contributed by atoms with Crippen molar-refractivity contribution >= 4 is 17.3 Å². The molecule has 0 saturated carbocycles. The molecule has 1 aromatic rings. The summed E-state index contributed by atoms with van der Waals surface area (Å²) in [4.78, 5) is 0. The zero-order valence-electron chi connectivity index (χ0n) is 12.4. The third kappa shape index (κ3) is 5.08. The number of nitrogens with two attached hydrogens (primary N) is 1. The summed E-state index contributed by atoms with van der Waals surface area (Å²) in [5.41, 5.74) is 5.06. The van der Waals surface area contributed by atoms with Crippen LogP contribution in [0.15, 0.2) is 18.2 Å². The van der Waals surface area contributed by atoms with Crippen LogP contribution in [0.25, 0.3) is 0 Å². The predicted octanol–water partition coefficient (Wildman–Crippen LogP) is 5.07. The fraction of sp³-hybridized carbons (Fsp3) is 0.600. The fourth-order valence-corrected chi connectivity index (χ4v) is 2.51. The number of benzene rings is 1. The van der Waals surface area contributed by atoms with Crippen LogP contribution in [0.5, 0.6) is 0 Å². The van der Waals surface area contributed by atoms with E-state index in [9.17, 15) is 13.2 Å². The second-order valence-corrected chi connectivity index (χ2v) is 5.73. The largest absolute Gasteiger partial charge is 0.416 e. The Morgan fingerprint density at radius 1 is 1.19 bits per heavy atom. The average Bonchev–Trinajstić information content (AvgIpc) is 2.42. The van der Waals surface area contributed by atoms with E-state index in [0.29, 0.717) is 12.2 Å². The lowest BCUT2D eigenvalue weighted by atomic mass is 9.89. The van der Waals surface area contributed by atoms with Crippen LogP contribution in [0.3, 0.4) is 0 Å². The summed E-state index contributed by atoms with van der Waals surface area (Å²) in [6.07, 6.45) is -0.901. The molecule has 1 atom stereocenters. The molecule has 0 aromatic heterocycles. The first-order valence-electron chi connectivity index (χ1n) is 7.12. The van der Waals surface area contributed by atoms with Crippen LogP contribution in [-0.2, 0) is 6.18 Å². The maximum atomic E-state index is 12.8. The molecular formula is C15H22ClF3N2. The van der Waals surface area contributed by atoms with Crippen LogP contribution in [0, 0.1) is 0 Å². The zero-order chi connectivity index (χ0) is 16.1. The molecule has 1 unspecified atom stereocenters. The zero-order valence-corrected chi connectivity index (χ0v) is 13.1. The van der Waals surface area contributed by atoms with Crippen molar-refractivity contribution in [3.8, 4) is 0 Å². The number of unbranched alkanes of at least 4 members (excludes halogenated alkanes) is 1. The van der Waals surface area contributed by atoms with E-state index in [4.69, 9.17) is 17.3 Å². The van der Waals surface area contributed by atoms with Crippen molar-refractivity contribution in [3.63, 3.8) is 0 Å². The third-order valence-electron chi connectivity index (χ3n) is 3.71. The molecule has 3 N–H and O–H groups in total. The first-order valence-corrected chi connectivity index (χ1v) is 7.50. The maximum absolute atomic E-state index is 12.8. The molecule has 0 aliphatic heterocycles. The Labute approximate surface area is 128 Å². The highest BCUT2D eigenvalue weighted by Crippen LogP contribution is 2.34. The summed E-state index contributed by atoms with van der Waals surface area (Å²) in [7, 11) is 0. The second kappa shape index (κ2) is 7.36. The lowest BCUT2D eigenvalue weighted by Crippen LogP contribution is -2.45. The predicted molar refractivity (Wildman–Crippen MR) is 81.7 cm³/mol. The van der Waals surface area contributed by atoms with E-state index in [2.05, 4.69) is 12.2 Å². The van der Waals surface area contributed by atoms with Crippen LogP contribution < -0.4 is 11.1 Å². The Morgan fingerprint density at radius 3 is 2.33 bits per heavy atom. The number of nitrogens with one attached hydrogen (secondary N) is 1. The first-order chi connectivity index (χ1) is 9.76. The van der Waals surface area contributed by atoms with E-state index >= 15 is 0 Å². The maximum Gasteiger partial charge on any atom is 0.416 e. The van der Waals surface area contributed by atoms with Gasteiger partial charge in [0.05, 0.1) is 5.56 Å². The molecule has 21 heavy (non-hydrogen) atoms. The number of hydrogen-bond acceptors (Lipinski definition) is 2. The van der Waals surface area contributed by atoms with Crippen molar-refractivity contribution in [2.24, 2.45) is 5.73 Å². The van der Waals surface area contributed by atoms with E-state index in [1.807, 2.05) is 6.92 Å². The minimum Gasteiger partial charge on any atom is -0.378 e. The number of alkyl halides is 3. The summed E-state index contributed by atoms with van der Waals surface area (Å²) in [5.74, 6) is 0. The molecule has 0 spiro atoms. The van der Waals surface area contributed by atoms with Gasteiger partial charge in [0.25, 0.3) is 0 Å². The topological polar surface area (TPSA) is 38.0 Å². The van der Waals surface area contributed by atoms with E-state index in [0.717, 1.165) is 37.8 Å². The summed E-state index contributed by atoms with van der Waals surface area (Å²) in [6.45, 7) is 4.40. The molecule has 1 aromatic carbocycles. The van der Waals surface area contributed by atoms with Crippen molar-refractivity contribution in [1.82, 2.24) is 0 Å². The smallest absolute Gasteiger partial charge is 0.378 e. The van der Waals surface area contributed by atoms with Crippen molar-refractivity contribution in [2.45, 2.75) is 51.2 Å². The molecule has 0 heterocycles. The number of rotatable bonds is 7. The van der Waals surface area contributed by atoms with Gasteiger partial charge in [0.2, 0.25) is 0 Å². The van der Waals surface area contributed by atoms with Gasteiger partial charge in [0.15, 0.2) is 0 Å². The lowest BCUT2D eigenvalue weighted by molar-refractivity contribution is -0.137. The molecule has 0 fully saturated rings. The van der Waals surface area contributed by atoms with E-state index in [1.165, 1.54) is 6.07 Å². The SMILES string of the molecule is CCCCC(CC)(CN)Nc1cc(Cl)cc(C(F)(F)F)c1. The Bertz CT molecular complexity index is 457. The standard InChI is InChI=1S/C15H22ClF3N2/c1-3-5-6-14(4-2,10-20)21-13-8-11(15(17,18)19)7-12(16)9-13/h7-9,21H,3-6,10,20H2,1-2H3. The van der Waals surface area contributed by atoms with Gasteiger partial charge in [-0.1, -0.05) is 38.3 Å². The van der Waals surface area contributed by atoms with Gasteiger partial charge in [0.1, 0.15) is 0 Å². The van der Waals surface area contributed by atoms with Gasteiger partial charge in [-0.2, -0.15) is 13.2 Å². The molecule has 0 amide bonds. The molecule has 0 aliphatic carbocycles. The van der Waals surface area contributed by atoms with Crippen LogP contribution in [0.4, 0.5) is 18.9 Å². The molecule has 6 heteroatoms. The molecule has 0 bridgehead atoms. The number of anilines is 1. The quantitative estimate of drug-likeness (QED) is 0.735. The summed E-state index contributed by atoms with van der Waals surface area (Å²) in [6, 6.07) is 3.51. The molecule has 120 valence electrons. The van der Waals surface area contributed by atoms with Gasteiger partial charge in [0, 0.05) is 22.8 Å². The minimum absolute atomic E-state index is 0.0600. The fourth-order valence-electron chi connectivity index (χ4n) is 2.27. The summed E-state index contributed by atoms with van der Waals surface area (Å²) in [5, 5.41) is 3.23. The van der Waals surface area contributed by atoms with Crippen LogP contribution in [0.2, 0.25) is 5.02 Å². The first kappa shape index (κ1) is 18.1. The van der Waals surface area contributed by atoms with Gasteiger partial charge in [-0.15, -0.1) is 0 Å². The minimum atomic E-state index is -4.41. The molecule has 2 nitrogen and oxygen atoms in total. The van der Waals surface area contributed by atoms with Gasteiger partial charge >= 0.3 is 6.18 Å². The molecular weight excluding hydrogens is 301 g/mol. The van der Waals surface area contributed by atoms with Gasteiger partial charge in [-0.3, -0.25) is 0 Å². The highest BCUT2D eigenvalue weighted by Gasteiger charge is 2.32. The average molecular weight is 323 g/mol. The van der Waals surface area contributed by atoms with Gasteiger partial charge < -0.3 is 11.1 Å². The van der Waals surface area contributed by atoms with Crippen LogP contribution >= 0.6 is 11.6 Å². The molecule has 0 saturated heterocycles. The molecule has 1 rings (SSSR count). The summed E-state index contributed by atoms with van der Waals surface area (Å²) >= 11 is 5.80. The third-order valence-corrected chi connectivity index (χ3v) is 3.93. The van der Waals surface area contributed by atoms with Gasteiger partial charge in [-0.25, -0.2) is 0 Å². The van der Waals surface area contributed by atoms with Crippen molar-refractivity contribution < 1.29 is 13.2 Å². The highest BCUT2D eigenvalue weighted by atomic mass is 35.5. The normalized spacial score (nSPS) is 14.8. The summed E-state index contributed by atoms with van der Waals surface area (Å²) < 4.78 is 38.5. The van der Waals surface area contributed by atoms with Crippen molar-refractivity contribution in [2.75, 3.05) is 11.9 Å². The van der Waals surface area contributed by atoms with E-state index < -0.39 is 17.3 Å². The Kier molecular flexibility index (Phi) is 6.35. The second-order valence-electron chi connectivity index (χ2n) is 5.29. The van der Waals surface area contributed by atoms with Crippen molar-refractivity contribution in [3.05, 3.63) is 28.8 Å². The molecule has 0 radical (unpaired) electrons. The highest BCUT2D eigenvalue weighted by molar-refractivity contribution is 6.30.